The lowest BCUT2D eigenvalue weighted by Gasteiger charge is -2.36. The van der Waals surface area contributed by atoms with Gasteiger partial charge in [0, 0.05) is 51.5 Å². The van der Waals surface area contributed by atoms with Crippen LogP contribution in [0.25, 0.3) is 0 Å². The van der Waals surface area contributed by atoms with Crippen molar-refractivity contribution in [2.24, 2.45) is 0 Å². The van der Waals surface area contributed by atoms with Crippen molar-refractivity contribution in [3.63, 3.8) is 0 Å². The molecule has 0 unspecified atom stereocenters. The maximum absolute atomic E-state index is 12.0. The Morgan fingerprint density at radius 1 is 1.14 bits per heavy atom. The normalized spacial score (nSPS) is 16.8. The van der Waals surface area contributed by atoms with E-state index in [0.29, 0.717) is 31.7 Å². The predicted octanol–water partition coefficient (Wildman–Crippen LogP) is -0.266. The molecule has 8 nitrogen and oxygen atoms in total. The van der Waals surface area contributed by atoms with Gasteiger partial charge in [-0.1, -0.05) is 0 Å². The number of carbonyl (C=O) groups excluding carboxylic acids is 1. The molecule has 1 aliphatic rings. The first-order chi connectivity index (χ1) is 10.4. The third-order valence-electron chi connectivity index (χ3n) is 3.62. The van der Waals surface area contributed by atoms with Gasteiger partial charge in [-0.2, -0.15) is 17.0 Å². The molecule has 1 saturated heterocycles. The van der Waals surface area contributed by atoms with Crippen molar-refractivity contribution in [3.05, 3.63) is 29.8 Å². The van der Waals surface area contributed by atoms with Gasteiger partial charge in [0.1, 0.15) is 0 Å². The third-order valence-corrected chi connectivity index (χ3v) is 5.56. The number of piperazine rings is 1. The van der Waals surface area contributed by atoms with E-state index in [-0.39, 0.29) is 0 Å². The third kappa shape index (κ3) is 3.38. The molecule has 1 fully saturated rings. The van der Waals surface area contributed by atoms with Crippen LogP contribution in [-0.2, 0) is 10.2 Å². The van der Waals surface area contributed by atoms with Gasteiger partial charge in [0.15, 0.2) is 0 Å². The standard InChI is InChI=1S/C13H20N4O4S/c1-15(2)22(20,21)17-9-7-16(8-10-17)12-5-3-11(4-6-12)13(18)14-19/h3-6,19H,7-10H2,1-2H3,(H,14,18). The van der Waals surface area contributed by atoms with Crippen LogP contribution in [0.3, 0.4) is 0 Å². The fourth-order valence-electron chi connectivity index (χ4n) is 2.30. The monoisotopic (exact) mass is 328 g/mol. The zero-order valence-corrected chi connectivity index (χ0v) is 13.4. The van der Waals surface area contributed by atoms with E-state index in [9.17, 15) is 13.2 Å². The summed E-state index contributed by atoms with van der Waals surface area (Å²) in [5, 5.41) is 8.58. The Kier molecular flexibility index (Phi) is 5.01. The smallest absolute Gasteiger partial charge is 0.281 e. The minimum atomic E-state index is -3.37. The highest BCUT2D eigenvalue weighted by atomic mass is 32.2. The molecule has 0 radical (unpaired) electrons. The van der Waals surface area contributed by atoms with Crippen LogP contribution in [-0.4, -0.2) is 68.4 Å². The molecular formula is C13H20N4O4S. The number of hydrogen-bond acceptors (Lipinski definition) is 5. The molecule has 0 aromatic heterocycles. The molecule has 1 aromatic carbocycles. The van der Waals surface area contributed by atoms with E-state index in [1.807, 2.05) is 0 Å². The summed E-state index contributed by atoms with van der Waals surface area (Å²) in [6.45, 7) is 2.00. The second kappa shape index (κ2) is 6.61. The summed E-state index contributed by atoms with van der Waals surface area (Å²) in [6.07, 6.45) is 0. The Morgan fingerprint density at radius 3 is 2.14 bits per heavy atom. The molecule has 0 spiro atoms. The predicted molar refractivity (Wildman–Crippen MR) is 82.1 cm³/mol. The highest BCUT2D eigenvalue weighted by molar-refractivity contribution is 7.86. The van der Waals surface area contributed by atoms with E-state index >= 15 is 0 Å². The summed E-state index contributed by atoms with van der Waals surface area (Å²) in [7, 11) is -0.327. The van der Waals surface area contributed by atoms with Crippen molar-refractivity contribution < 1.29 is 18.4 Å². The molecule has 0 atom stereocenters. The lowest BCUT2D eigenvalue weighted by molar-refractivity contribution is 0.0706. The lowest BCUT2D eigenvalue weighted by Crippen LogP contribution is -2.51. The summed E-state index contributed by atoms with van der Waals surface area (Å²) in [4.78, 5) is 13.3. The van der Waals surface area contributed by atoms with Crippen LogP contribution in [0.1, 0.15) is 10.4 Å². The van der Waals surface area contributed by atoms with Gasteiger partial charge in [0.2, 0.25) is 0 Å². The largest absolute Gasteiger partial charge is 0.369 e. The van der Waals surface area contributed by atoms with Gasteiger partial charge >= 0.3 is 0 Å². The number of hydrogen-bond donors (Lipinski definition) is 2. The van der Waals surface area contributed by atoms with Gasteiger partial charge in [-0.25, -0.2) is 5.48 Å². The number of nitrogens with zero attached hydrogens (tertiary/aromatic N) is 3. The van der Waals surface area contributed by atoms with Crippen molar-refractivity contribution >= 4 is 21.8 Å². The van der Waals surface area contributed by atoms with Crippen LogP contribution < -0.4 is 10.4 Å². The Bertz CT molecular complexity index is 622. The molecule has 0 aliphatic carbocycles. The molecule has 0 bridgehead atoms. The van der Waals surface area contributed by atoms with Gasteiger partial charge in [0.25, 0.3) is 16.1 Å². The first-order valence-electron chi connectivity index (χ1n) is 6.83. The number of benzene rings is 1. The van der Waals surface area contributed by atoms with E-state index in [0.717, 1.165) is 5.69 Å². The zero-order chi connectivity index (χ0) is 16.3. The zero-order valence-electron chi connectivity index (χ0n) is 12.6. The molecule has 2 N–H and O–H groups in total. The van der Waals surface area contributed by atoms with Gasteiger partial charge in [-0.3, -0.25) is 10.0 Å². The minimum Gasteiger partial charge on any atom is -0.369 e. The van der Waals surface area contributed by atoms with Crippen LogP contribution in [0, 0.1) is 0 Å². The number of carbonyl (C=O) groups is 1. The van der Waals surface area contributed by atoms with Crippen LogP contribution in [0.4, 0.5) is 5.69 Å². The average Bonchev–Trinajstić information content (AvgIpc) is 2.54. The Balaban J connectivity index is 2.01. The molecule has 1 amide bonds. The average molecular weight is 328 g/mol. The molecule has 1 aromatic rings. The van der Waals surface area contributed by atoms with Crippen LogP contribution in [0.2, 0.25) is 0 Å². The van der Waals surface area contributed by atoms with Gasteiger partial charge in [-0.05, 0) is 24.3 Å². The topological polar surface area (TPSA) is 93.2 Å². The number of hydroxylamine groups is 1. The van der Waals surface area contributed by atoms with E-state index in [1.165, 1.54) is 22.7 Å². The fourth-order valence-corrected chi connectivity index (χ4v) is 3.38. The second-order valence-corrected chi connectivity index (χ2v) is 7.31. The summed E-state index contributed by atoms with van der Waals surface area (Å²) >= 11 is 0. The molecule has 1 aliphatic heterocycles. The lowest BCUT2D eigenvalue weighted by atomic mass is 10.2. The van der Waals surface area contributed by atoms with Crippen molar-refractivity contribution in [1.82, 2.24) is 14.1 Å². The fraction of sp³-hybridized carbons (Fsp3) is 0.462. The summed E-state index contributed by atoms with van der Waals surface area (Å²) in [6, 6.07) is 6.79. The molecule has 0 saturated carbocycles. The van der Waals surface area contributed by atoms with E-state index in [2.05, 4.69) is 4.90 Å². The number of nitrogens with one attached hydrogen (secondary N) is 1. The minimum absolute atomic E-state index is 0.361. The molecule has 122 valence electrons. The maximum Gasteiger partial charge on any atom is 0.281 e. The second-order valence-electron chi connectivity index (χ2n) is 5.16. The molecule has 9 heteroatoms. The summed E-state index contributed by atoms with van der Waals surface area (Å²) < 4.78 is 26.8. The Hall–Kier alpha value is -1.68. The number of rotatable bonds is 4. The highest BCUT2D eigenvalue weighted by Crippen LogP contribution is 2.19. The number of amides is 1. The summed E-state index contributed by atoms with van der Waals surface area (Å²) in [5.74, 6) is -0.562. The molecular weight excluding hydrogens is 308 g/mol. The highest BCUT2D eigenvalue weighted by Gasteiger charge is 2.28. The van der Waals surface area contributed by atoms with Crippen LogP contribution in [0.15, 0.2) is 24.3 Å². The molecule has 22 heavy (non-hydrogen) atoms. The number of anilines is 1. The SMILES string of the molecule is CN(C)S(=O)(=O)N1CCN(c2ccc(C(=O)NO)cc2)CC1. The maximum atomic E-state index is 12.0. The van der Waals surface area contributed by atoms with Gasteiger partial charge < -0.3 is 4.90 Å². The van der Waals surface area contributed by atoms with E-state index < -0.39 is 16.1 Å². The Labute approximate surface area is 130 Å². The van der Waals surface area contributed by atoms with Gasteiger partial charge in [0.05, 0.1) is 0 Å². The quantitative estimate of drug-likeness (QED) is 0.586. The summed E-state index contributed by atoms with van der Waals surface area (Å²) in [5.41, 5.74) is 2.86. The van der Waals surface area contributed by atoms with Crippen molar-refractivity contribution in [2.75, 3.05) is 45.2 Å². The molecule has 2 rings (SSSR count). The Morgan fingerprint density at radius 2 is 1.68 bits per heavy atom. The molecule has 1 heterocycles. The van der Waals surface area contributed by atoms with Crippen molar-refractivity contribution in [3.8, 4) is 0 Å². The first kappa shape index (κ1) is 16.7. The van der Waals surface area contributed by atoms with Crippen molar-refractivity contribution in [2.45, 2.75) is 0 Å². The van der Waals surface area contributed by atoms with E-state index in [4.69, 9.17) is 5.21 Å². The first-order valence-corrected chi connectivity index (χ1v) is 8.23. The van der Waals surface area contributed by atoms with E-state index in [1.54, 1.807) is 29.7 Å². The van der Waals surface area contributed by atoms with Crippen molar-refractivity contribution in [1.29, 1.82) is 0 Å². The van der Waals surface area contributed by atoms with Crippen LogP contribution in [0.5, 0.6) is 0 Å². The van der Waals surface area contributed by atoms with Gasteiger partial charge in [-0.15, -0.1) is 0 Å². The van der Waals surface area contributed by atoms with Crippen LogP contribution >= 0.6 is 0 Å².